The molecule has 2 aromatic carbocycles. The highest BCUT2D eigenvalue weighted by Crippen LogP contribution is 2.25. The Bertz CT molecular complexity index is 902. The van der Waals surface area contributed by atoms with Crippen LogP contribution in [0.1, 0.15) is 31.4 Å². The lowest BCUT2D eigenvalue weighted by molar-refractivity contribution is -0.119. The Morgan fingerprint density at radius 2 is 1.83 bits per heavy atom. The molecule has 2 heterocycles. The molecule has 1 atom stereocenters. The van der Waals surface area contributed by atoms with E-state index < -0.39 is 6.04 Å². The lowest BCUT2D eigenvalue weighted by atomic mass is 9.99. The van der Waals surface area contributed by atoms with Gasteiger partial charge in [-0.05, 0) is 59.0 Å². The molecule has 7 heteroatoms. The molecule has 0 bridgehead atoms. The van der Waals surface area contributed by atoms with Crippen LogP contribution in [0, 0.1) is 5.92 Å². The summed E-state index contributed by atoms with van der Waals surface area (Å²) in [5.41, 5.74) is 3.03. The normalized spacial score (nSPS) is 15.8. The Morgan fingerprint density at radius 1 is 1.10 bits per heavy atom. The van der Waals surface area contributed by atoms with Crippen molar-refractivity contribution in [2.75, 3.05) is 23.3 Å². The van der Waals surface area contributed by atoms with E-state index in [1.54, 1.807) is 0 Å². The summed E-state index contributed by atoms with van der Waals surface area (Å²) in [6.07, 6.45) is 4.45. The number of carbonyl (C=O) groups excluding carboxylic acids is 1. The van der Waals surface area contributed by atoms with Crippen LogP contribution in [-0.4, -0.2) is 39.2 Å². The molecule has 1 fully saturated rings. The third-order valence-electron chi connectivity index (χ3n) is 5.54. The lowest BCUT2D eigenvalue weighted by Crippen LogP contribution is -2.32. The van der Waals surface area contributed by atoms with Crippen LogP contribution in [0.15, 0.2) is 60.9 Å². The molecule has 1 aliphatic rings. The number of aromatic nitrogens is 4. The number of piperidine rings is 1. The van der Waals surface area contributed by atoms with Gasteiger partial charge in [-0.1, -0.05) is 37.3 Å². The van der Waals surface area contributed by atoms with Crippen molar-refractivity contribution in [2.45, 2.75) is 32.2 Å². The molecule has 29 heavy (non-hydrogen) atoms. The third-order valence-corrected chi connectivity index (χ3v) is 5.54. The summed E-state index contributed by atoms with van der Waals surface area (Å²) in [7, 11) is 0. The summed E-state index contributed by atoms with van der Waals surface area (Å²) in [6.45, 7) is 4.49. The maximum Gasteiger partial charge on any atom is 0.249 e. The highest BCUT2D eigenvalue weighted by atomic mass is 16.2. The highest BCUT2D eigenvalue weighted by molar-refractivity contribution is 5.94. The SMILES string of the molecule is CC1CCN(c2ccc(NC(=O)C(Cc3ccccc3)n3cnnn3)cc2)CC1. The van der Waals surface area contributed by atoms with Crippen molar-refractivity contribution < 1.29 is 4.79 Å². The van der Waals surface area contributed by atoms with E-state index in [2.05, 4.69) is 44.8 Å². The molecule has 1 aromatic heterocycles. The number of anilines is 2. The van der Waals surface area contributed by atoms with Gasteiger partial charge in [-0.15, -0.1) is 5.10 Å². The minimum absolute atomic E-state index is 0.138. The summed E-state index contributed by atoms with van der Waals surface area (Å²) in [5.74, 6) is 0.665. The average molecular weight is 390 g/mol. The molecule has 3 aromatic rings. The van der Waals surface area contributed by atoms with Gasteiger partial charge in [0.2, 0.25) is 5.91 Å². The van der Waals surface area contributed by atoms with E-state index in [0.29, 0.717) is 6.42 Å². The number of tetrazole rings is 1. The molecule has 150 valence electrons. The zero-order valence-electron chi connectivity index (χ0n) is 16.6. The van der Waals surface area contributed by atoms with Gasteiger partial charge in [0.25, 0.3) is 0 Å². The number of benzene rings is 2. The average Bonchev–Trinajstić information content (AvgIpc) is 3.28. The largest absolute Gasteiger partial charge is 0.372 e. The molecule has 4 rings (SSSR count). The molecule has 1 aliphatic heterocycles. The molecule has 0 spiro atoms. The Labute approximate surface area is 170 Å². The minimum Gasteiger partial charge on any atom is -0.372 e. The quantitative estimate of drug-likeness (QED) is 0.699. The van der Waals surface area contributed by atoms with Gasteiger partial charge in [0.05, 0.1) is 0 Å². The van der Waals surface area contributed by atoms with E-state index >= 15 is 0 Å². The second-order valence-corrected chi connectivity index (χ2v) is 7.70. The van der Waals surface area contributed by atoms with Crippen molar-refractivity contribution in [1.29, 1.82) is 0 Å². The molecule has 1 amide bonds. The number of hydrogen-bond donors (Lipinski definition) is 1. The lowest BCUT2D eigenvalue weighted by Gasteiger charge is -2.32. The second-order valence-electron chi connectivity index (χ2n) is 7.70. The summed E-state index contributed by atoms with van der Waals surface area (Å²) < 4.78 is 1.51. The number of nitrogens with zero attached hydrogens (tertiary/aromatic N) is 5. The molecule has 1 saturated heterocycles. The summed E-state index contributed by atoms with van der Waals surface area (Å²) in [6, 6.07) is 17.4. The first-order valence-corrected chi connectivity index (χ1v) is 10.1. The number of amides is 1. The van der Waals surface area contributed by atoms with E-state index in [0.717, 1.165) is 30.3 Å². The number of nitrogens with one attached hydrogen (secondary N) is 1. The van der Waals surface area contributed by atoms with Crippen LogP contribution < -0.4 is 10.2 Å². The van der Waals surface area contributed by atoms with Crippen molar-refractivity contribution in [3.8, 4) is 0 Å². The molecule has 0 saturated carbocycles. The van der Waals surface area contributed by atoms with Crippen molar-refractivity contribution in [2.24, 2.45) is 5.92 Å². The fraction of sp³-hybridized carbons (Fsp3) is 0.364. The fourth-order valence-electron chi connectivity index (χ4n) is 3.70. The molecular weight excluding hydrogens is 364 g/mol. The van der Waals surface area contributed by atoms with Crippen LogP contribution in [0.3, 0.4) is 0 Å². The molecule has 1 N–H and O–H groups in total. The standard InChI is InChI=1S/C22H26N6O/c1-17-11-13-27(14-12-17)20-9-7-19(8-10-20)24-22(29)21(28-16-23-25-26-28)15-18-5-3-2-4-6-18/h2-10,16-17,21H,11-15H2,1H3,(H,24,29). The first-order valence-electron chi connectivity index (χ1n) is 10.1. The van der Waals surface area contributed by atoms with Gasteiger partial charge in [0.15, 0.2) is 0 Å². The zero-order chi connectivity index (χ0) is 20.1. The van der Waals surface area contributed by atoms with Gasteiger partial charge < -0.3 is 10.2 Å². The number of hydrogen-bond acceptors (Lipinski definition) is 5. The maximum atomic E-state index is 13.0. The van der Waals surface area contributed by atoms with Crippen LogP contribution in [0.4, 0.5) is 11.4 Å². The van der Waals surface area contributed by atoms with E-state index in [4.69, 9.17) is 0 Å². The topological polar surface area (TPSA) is 75.9 Å². The van der Waals surface area contributed by atoms with E-state index in [1.807, 2.05) is 42.5 Å². The van der Waals surface area contributed by atoms with Gasteiger partial charge in [-0.3, -0.25) is 4.79 Å². The maximum absolute atomic E-state index is 13.0. The molecule has 1 unspecified atom stereocenters. The summed E-state index contributed by atoms with van der Waals surface area (Å²) in [4.78, 5) is 15.4. The Balaban J connectivity index is 1.44. The predicted molar refractivity (Wildman–Crippen MR) is 113 cm³/mol. The monoisotopic (exact) mass is 390 g/mol. The molecule has 0 radical (unpaired) electrons. The van der Waals surface area contributed by atoms with E-state index in [9.17, 15) is 4.79 Å². The van der Waals surface area contributed by atoms with Gasteiger partial charge in [0.1, 0.15) is 12.4 Å². The zero-order valence-corrected chi connectivity index (χ0v) is 16.6. The second kappa shape index (κ2) is 8.86. The minimum atomic E-state index is -0.518. The highest BCUT2D eigenvalue weighted by Gasteiger charge is 2.23. The Morgan fingerprint density at radius 3 is 2.48 bits per heavy atom. The van der Waals surface area contributed by atoms with Crippen LogP contribution in [0.5, 0.6) is 0 Å². The van der Waals surface area contributed by atoms with E-state index in [1.165, 1.54) is 29.5 Å². The van der Waals surface area contributed by atoms with Gasteiger partial charge in [-0.2, -0.15) is 0 Å². The Kier molecular flexibility index (Phi) is 5.84. The summed E-state index contributed by atoms with van der Waals surface area (Å²) in [5, 5.41) is 14.3. The third kappa shape index (κ3) is 4.80. The number of carbonyl (C=O) groups is 1. The van der Waals surface area contributed by atoms with Crippen molar-refractivity contribution in [1.82, 2.24) is 20.2 Å². The van der Waals surface area contributed by atoms with Crippen LogP contribution in [-0.2, 0) is 11.2 Å². The van der Waals surface area contributed by atoms with Crippen LogP contribution in [0.25, 0.3) is 0 Å². The first kappa shape index (κ1) is 19.1. The smallest absolute Gasteiger partial charge is 0.249 e. The number of rotatable bonds is 6. The molecular formula is C22H26N6O. The predicted octanol–water partition coefficient (Wildman–Crippen LogP) is 3.33. The Hall–Kier alpha value is -3.22. The fourth-order valence-corrected chi connectivity index (χ4v) is 3.70. The van der Waals surface area contributed by atoms with Gasteiger partial charge >= 0.3 is 0 Å². The summed E-state index contributed by atoms with van der Waals surface area (Å²) >= 11 is 0. The van der Waals surface area contributed by atoms with Gasteiger partial charge in [0, 0.05) is 30.9 Å². The van der Waals surface area contributed by atoms with Crippen molar-refractivity contribution in [3.05, 3.63) is 66.5 Å². The van der Waals surface area contributed by atoms with Crippen molar-refractivity contribution in [3.63, 3.8) is 0 Å². The molecule has 7 nitrogen and oxygen atoms in total. The molecule has 0 aliphatic carbocycles. The van der Waals surface area contributed by atoms with Crippen LogP contribution in [0.2, 0.25) is 0 Å². The van der Waals surface area contributed by atoms with Gasteiger partial charge in [-0.25, -0.2) is 4.68 Å². The first-order chi connectivity index (χ1) is 14.2. The van der Waals surface area contributed by atoms with E-state index in [-0.39, 0.29) is 5.91 Å². The van der Waals surface area contributed by atoms with Crippen LogP contribution >= 0.6 is 0 Å². The van der Waals surface area contributed by atoms with Crippen molar-refractivity contribution >= 4 is 17.3 Å².